The molecule has 494 valence electrons. The highest BCUT2D eigenvalue weighted by Gasteiger charge is 2.55. The number of benzene rings is 5. The molecule has 1 atom stereocenters. The van der Waals surface area contributed by atoms with Gasteiger partial charge in [-0.2, -0.15) is 29.8 Å². The van der Waals surface area contributed by atoms with E-state index in [9.17, 15) is 39.4 Å². The summed E-state index contributed by atoms with van der Waals surface area (Å²) in [7, 11) is 0. The number of unbranched alkanes of at least 4 members (excludes halogenated alkanes) is 9. The Morgan fingerprint density at radius 2 is 0.770 bits per heavy atom. The van der Waals surface area contributed by atoms with Gasteiger partial charge in [0, 0.05) is 62.3 Å². The smallest absolute Gasteiger partial charge is 0.213 e. The molecule has 6 heterocycles. The molecular weight excluding hydrogens is 1370 g/mol. The molecule has 0 saturated heterocycles. The second kappa shape index (κ2) is 27.0. The number of nitriles is 4. The van der Waals surface area contributed by atoms with E-state index in [4.69, 9.17) is 0 Å². The molecule has 15 rings (SSSR count). The highest BCUT2D eigenvalue weighted by Crippen LogP contribution is 2.68. The van der Waals surface area contributed by atoms with Crippen molar-refractivity contribution in [3.63, 3.8) is 0 Å². The summed E-state index contributed by atoms with van der Waals surface area (Å²) in [4.78, 5) is 32.0. The Bertz CT molecular complexity index is 5440. The lowest BCUT2D eigenvalue weighted by molar-refractivity contribution is 0.103. The number of halogens is 4. The van der Waals surface area contributed by atoms with E-state index in [2.05, 4.69) is 130 Å². The van der Waals surface area contributed by atoms with Crippen molar-refractivity contribution >= 4 is 122 Å². The second-order valence-electron chi connectivity index (χ2n) is 26.1. The maximum absolute atomic E-state index is 15.6. The lowest BCUT2D eigenvalue weighted by Crippen LogP contribution is -2.30. The number of nitrogens with zero attached hydrogens (tertiary/aromatic N) is 4. The number of Topliss-reactive ketones (excluding diaryl/α,β-unsaturated/α-hetero) is 2. The van der Waals surface area contributed by atoms with Gasteiger partial charge >= 0.3 is 0 Å². The van der Waals surface area contributed by atoms with Crippen LogP contribution in [0.1, 0.15) is 199 Å². The third kappa shape index (κ3) is 10.5. The Hall–Kier alpha value is -9.20. The Morgan fingerprint density at radius 3 is 1.11 bits per heavy atom. The average Bonchev–Trinajstić information content (AvgIpc) is 1.49. The van der Waals surface area contributed by atoms with Gasteiger partial charge in [0.05, 0.1) is 41.1 Å². The zero-order chi connectivity index (χ0) is 69.3. The van der Waals surface area contributed by atoms with Crippen LogP contribution in [0.4, 0.5) is 17.6 Å². The molecule has 6 nitrogen and oxygen atoms in total. The van der Waals surface area contributed by atoms with Crippen molar-refractivity contribution in [2.45, 2.75) is 128 Å². The van der Waals surface area contributed by atoms with Crippen molar-refractivity contribution in [3.8, 4) is 45.2 Å². The predicted molar refractivity (Wildman–Crippen MR) is 400 cm³/mol. The van der Waals surface area contributed by atoms with Crippen LogP contribution >= 0.6 is 68.0 Å². The molecule has 0 bridgehead atoms. The van der Waals surface area contributed by atoms with E-state index in [1.165, 1.54) is 39.4 Å². The lowest BCUT2D eigenvalue weighted by Gasteiger charge is -2.35. The van der Waals surface area contributed by atoms with Gasteiger partial charge in [-0.3, -0.25) is 9.59 Å². The first-order valence-corrected chi connectivity index (χ1v) is 38.9. The van der Waals surface area contributed by atoms with Gasteiger partial charge in [-0.05, 0) is 136 Å². The fraction of sp³-hybridized carbons (Fsp3) is 0.238. The maximum Gasteiger partial charge on any atom is 0.213 e. The van der Waals surface area contributed by atoms with E-state index in [0.717, 1.165) is 181 Å². The summed E-state index contributed by atoms with van der Waals surface area (Å²) in [5.74, 6) is -4.17. The molecule has 0 N–H and O–H groups in total. The van der Waals surface area contributed by atoms with Crippen LogP contribution in [-0.2, 0) is 30.1 Å². The van der Waals surface area contributed by atoms with Crippen molar-refractivity contribution in [2.24, 2.45) is 0 Å². The fourth-order valence-corrected chi connectivity index (χ4v) is 23.1. The van der Waals surface area contributed by atoms with Crippen molar-refractivity contribution in [2.75, 3.05) is 0 Å². The summed E-state index contributed by atoms with van der Waals surface area (Å²) in [5, 5.41) is 38.6. The molecule has 11 aromatic rings. The van der Waals surface area contributed by atoms with E-state index in [-0.39, 0.29) is 32.0 Å². The molecule has 0 spiro atoms. The number of aryl methyl sites for hydroxylation is 3. The quantitative estimate of drug-likeness (QED) is 0.0305. The number of allylic oxidation sites excluding steroid dienone is 6. The predicted octanol–water partition coefficient (Wildman–Crippen LogP) is 24.2. The van der Waals surface area contributed by atoms with Gasteiger partial charge in [0.2, 0.25) is 10.3 Å². The number of fused-ring (bicyclic) bond motifs is 12. The van der Waals surface area contributed by atoms with E-state index in [1.54, 1.807) is 34.8 Å². The first-order valence-electron chi connectivity index (χ1n) is 34.0. The zero-order valence-corrected chi connectivity index (χ0v) is 59.9. The molecule has 1 unspecified atom stereocenters. The van der Waals surface area contributed by atoms with Crippen LogP contribution in [0, 0.1) is 67.2 Å². The first-order chi connectivity index (χ1) is 48.8. The summed E-state index contributed by atoms with van der Waals surface area (Å²) < 4.78 is 64.9. The van der Waals surface area contributed by atoms with Crippen LogP contribution in [0.25, 0.3) is 63.0 Å². The van der Waals surface area contributed by atoms with Gasteiger partial charge in [0.25, 0.3) is 0 Å². The third-order valence-corrected chi connectivity index (χ3v) is 27.1. The van der Waals surface area contributed by atoms with Crippen molar-refractivity contribution in [1.82, 2.24) is 0 Å². The molecule has 0 amide bonds. The van der Waals surface area contributed by atoms with Crippen LogP contribution in [0.3, 0.4) is 0 Å². The molecule has 0 aliphatic heterocycles. The normalized spacial score (nSPS) is 16.1. The van der Waals surface area contributed by atoms with Crippen molar-refractivity contribution in [3.05, 3.63) is 263 Å². The van der Waals surface area contributed by atoms with Crippen LogP contribution in [-0.4, -0.2) is 11.6 Å². The molecule has 0 radical (unpaired) electrons. The Morgan fingerprint density at radius 1 is 0.420 bits per heavy atom. The van der Waals surface area contributed by atoms with Gasteiger partial charge in [-0.15, -0.1) is 68.0 Å². The van der Waals surface area contributed by atoms with Crippen LogP contribution in [0.5, 0.6) is 0 Å². The standard InChI is InChI=1S/C84H62F4N4O2S6/c1-4-7-10-14-19-46-24-30-52(31-25-46)83(51-22-17-13-18-23-51)61-40-58-62(41-57(61)75-69(83)77-63(97-75)38-55(95-77)36-59-65(49(42-89)43-90)79-67(73(59)93)71(85)81(87)99-79)84(53-32-26-47(27-33-53)20-15-11-8-5-2,54-34-28-48(29-35-54)21-16-12-9-6-3)70-76(58)98-64-39-56(96-78(64)70)37-60-66(50(44-91)45-92)80-68(74(60)94)72(86)82(88)100-80/h13,17-18,22-41H,4-12,14-16,19-21H2,1-3H3/b59-36-,60-37-. The number of ketones is 2. The van der Waals surface area contributed by atoms with Gasteiger partial charge < -0.3 is 0 Å². The summed E-state index contributed by atoms with van der Waals surface area (Å²) in [5.41, 5.74) is 10.4. The van der Waals surface area contributed by atoms with Gasteiger partial charge in [-0.1, -0.05) is 182 Å². The molecular formula is C84H62F4N4O2S6. The Labute approximate surface area is 601 Å². The summed E-state index contributed by atoms with van der Waals surface area (Å²) in [6.45, 7) is 6.66. The lowest BCUT2D eigenvalue weighted by atomic mass is 9.65. The number of hydrogen-bond donors (Lipinski definition) is 0. The highest BCUT2D eigenvalue weighted by atomic mass is 32.1. The molecule has 0 saturated carbocycles. The monoisotopic (exact) mass is 1430 g/mol. The number of carbonyl (C=O) groups is 2. The summed E-state index contributed by atoms with van der Waals surface area (Å²) in [6.07, 6.45) is 19.5. The van der Waals surface area contributed by atoms with Crippen LogP contribution in [0.2, 0.25) is 0 Å². The largest absolute Gasteiger partial charge is 0.288 e. The van der Waals surface area contributed by atoms with Crippen LogP contribution < -0.4 is 0 Å². The molecule has 5 aromatic carbocycles. The third-order valence-electron chi connectivity index (χ3n) is 20.4. The van der Waals surface area contributed by atoms with Gasteiger partial charge in [0.15, 0.2) is 23.2 Å². The summed E-state index contributed by atoms with van der Waals surface area (Å²) >= 11 is 7.13. The Kier molecular flexibility index (Phi) is 18.0. The SMILES string of the molecule is CCCCCCc1ccc(C2(c3ccccc3)c3cc4c(cc3-c3sc5cc(/C=C6\C(=O)c7c(sc(F)c7F)C6=C(C#N)C#N)sc5c32)C(c2ccc(CCCCCC)cc2)(c2ccc(CCCCCC)cc2)c2c-4sc3cc(/C=C4\C(=O)c5c(sc(F)c5F)C4=C(C#N)C#N)sc23)cc1. The van der Waals surface area contributed by atoms with E-state index >= 15 is 8.78 Å². The maximum atomic E-state index is 15.6. The minimum Gasteiger partial charge on any atom is -0.288 e. The van der Waals surface area contributed by atoms with Crippen molar-refractivity contribution < 1.29 is 27.2 Å². The topological polar surface area (TPSA) is 129 Å². The van der Waals surface area contributed by atoms with Crippen LogP contribution in [0.15, 0.2) is 150 Å². The number of carbonyl (C=O) groups excluding carboxylic acids is 2. The minimum atomic E-state index is -1.30. The highest BCUT2D eigenvalue weighted by molar-refractivity contribution is 7.31. The fourth-order valence-electron chi connectivity index (χ4n) is 15.7. The molecule has 0 fully saturated rings. The van der Waals surface area contributed by atoms with E-state index in [1.807, 2.05) is 42.5 Å². The number of hydrogen-bond acceptors (Lipinski definition) is 12. The van der Waals surface area contributed by atoms with E-state index < -0.39 is 66.6 Å². The van der Waals surface area contributed by atoms with Gasteiger partial charge in [-0.25, -0.2) is 8.78 Å². The minimum absolute atomic E-state index is 0.0410. The molecule has 16 heteroatoms. The first kappa shape index (κ1) is 66.7. The molecule has 4 aliphatic carbocycles. The van der Waals surface area contributed by atoms with Crippen molar-refractivity contribution in [1.29, 1.82) is 21.0 Å². The van der Waals surface area contributed by atoms with Gasteiger partial charge in [0.1, 0.15) is 35.4 Å². The van der Waals surface area contributed by atoms with E-state index in [0.29, 0.717) is 32.4 Å². The average molecular weight is 1430 g/mol. The Balaban J connectivity index is 1.00. The summed E-state index contributed by atoms with van der Waals surface area (Å²) in [6, 6.07) is 54.6. The second-order valence-corrected chi connectivity index (χ2v) is 32.4. The zero-order valence-electron chi connectivity index (χ0n) is 55.0. The molecule has 6 aromatic heterocycles. The number of rotatable bonds is 21. The molecule has 4 aliphatic rings. The molecule has 100 heavy (non-hydrogen) atoms. The number of thiophene rings is 6.